The molecule has 5 heteroatoms. The molecule has 0 aromatic carbocycles. The van der Waals surface area contributed by atoms with Gasteiger partial charge in [-0.25, -0.2) is 9.97 Å². The van der Waals surface area contributed by atoms with Crippen LogP contribution in [0.15, 0.2) is 12.4 Å². The number of hydrogen-bond donors (Lipinski definition) is 1. The summed E-state index contributed by atoms with van der Waals surface area (Å²) in [5, 5.41) is 19.1. The second kappa shape index (κ2) is 5.76. The molecular formula is C15H20N4O. The Morgan fingerprint density at radius 2 is 2.00 bits per heavy atom. The Morgan fingerprint density at radius 1 is 1.15 bits per heavy atom. The minimum absolute atomic E-state index is 0.180. The van der Waals surface area contributed by atoms with E-state index in [2.05, 4.69) is 14.9 Å². The van der Waals surface area contributed by atoms with Gasteiger partial charge in [-0.3, -0.25) is 0 Å². The highest BCUT2D eigenvalue weighted by molar-refractivity contribution is 5.40. The predicted molar refractivity (Wildman–Crippen MR) is 75.1 cm³/mol. The fourth-order valence-electron chi connectivity index (χ4n) is 3.64. The van der Waals surface area contributed by atoms with E-state index >= 15 is 0 Å². The molecule has 0 spiro atoms. The van der Waals surface area contributed by atoms with Gasteiger partial charge in [0.2, 0.25) is 0 Å². The van der Waals surface area contributed by atoms with E-state index in [4.69, 9.17) is 5.26 Å². The lowest BCUT2D eigenvalue weighted by molar-refractivity contribution is 0.0565. The quantitative estimate of drug-likeness (QED) is 0.889. The molecule has 106 valence electrons. The van der Waals surface area contributed by atoms with Crippen LogP contribution in [0.3, 0.4) is 0 Å². The zero-order valence-corrected chi connectivity index (χ0v) is 11.6. The second-order valence-electron chi connectivity index (χ2n) is 5.79. The van der Waals surface area contributed by atoms with Crippen LogP contribution in [-0.4, -0.2) is 33.8 Å². The van der Waals surface area contributed by atoms with Gasteiger partial charge in [-0.2, -0.15) is 5.26 Å². The Morgan fingerprint density at radius 3 is 2.70 bits per heavy atom. The molecular weight excluding hydrogens is 252 g/mol. The summed E-state index contributed by atoms with van der Waals surface area (Å²) in [5.74, 6) is 1.19. The van der Waals surface area contributed by atoms with E-state index in [0.29, 0.717) is 17.7 Å². The van der Waals surface area contributed by atoms with Gasteiger partial charge in [0.1, 0.15) is 11.9 Å². The number of aromatic nitrogens is 2. The number of nitrogens with zero attached hydrogens (tertiary/aromatic N) is 4. The van der Waals surface area contributed by atoms with Crippen molar-refractivity contribution in [3.63, 3.8) is 0 Å². The van der Waals surface area contributed by atoms with Gasteiger partial charge in [0.15, 0.2) is 5.69 Å². The first-order valence-corrected chi connectivity index (χ1v) is 7.46. The molecule has 1 aliphatic heterocycles. The zero-order valence-electron chi connectivity index (χ0n) is 11.6. The molecule has 0 bridgehead atoms. The molecule has 5 nitrogen and oxygen atoms in total. The highest BCUT2D eigenvalue weighted by Gasteiger charge is 2.37. The summed E-state index contributed by atoms with van der Waals surface area (Å²) < 4.78 is 0. The summed E-state index contributed by atoms with van der Waals surface area (Å²) in [5.41, 5.74) is 0.349. The van der Waals surface area contributed by atoms with Gasteiger partial charge in [0.25, 0.3) is 0 Å². The third-order valence-corrected chi connectivity index (χ3v) is 4.62. The third kappa shape index (κ3) is 2.48. The normalized spacial score (nSPS) is 30.2. The maximum Gasteiger partial charge on any atom is 0.158 e. The van der Waals surface area contributed by atoms with E-state index in [1.165, 1.54) is 12.6 Å². The molecule has 2 heterocycles. The van der Waals surface area contributed by atoms with Crippen molar-refractivity contribution in [1.82, 2.24) is 9.97 Å². The van der Waals surface area contributed by atoms with E-state index < -0.39 is 0 Å². The summed E-state index contributed by atoms with van der Waals surface area (Å²) in [6.45, 7) is 0.967. The summed E-state index contributed by atoms with van der Waals surface area (Å²) in [6, 6.07) is 2.36. The minimum Gasteiger partial charge on any atom is -0.393 e. The molecule has 1 aromatic rings. The molecule has 2 aliphatic rings. The molecule has 1 saturated heterocycles. The van der Waals surface area contributed by atoms with Crippen molar-refractivity contribution in [2.24, 2.45) is 5.92 Å². The van der Waals surface area contributed by atoms with E-state index in [0.717, 1.165) is 44.5 Å². The molecule has 3 atom stereocenters. The number of rotatable bonds is 2. The van der Waals surface area contributed by atoms with Gasteiger partial charge in [-0.05, 0) is 25.7 Å². The van der Waals surface area contributed by atoms with Gasteiger partial charge in [0, 0.05) is 18.5 Å². The highest BCUT2D eigenvalue weighted by atomic mass is 16.3. The Kier molecular flexibility index (Phi) is 3.83. The standard InChI is InChI=1S/C15H20N4O/c16-8-11-9-18-15(10-17-11)19-7-3-5-13(19)12-4-1-2-6-14(12)20/h9-10,12-14,20H,1-7H2/t12-,13+,14+/m0/s1. The van der Waals surface area contributed by atoms with Crippen molar-refractivity contribution in [3.05, 3.63) is 18.1 Å². The Balaban J connectivity index is 1.79. The SMILES string of the molecule is N#Cc1cnc(N2CCC[C@@H]2[C@@H]2CCCC[C@H]2O)cn1. The second-order valence-corrected chi connectivity index (χ2v) is 5.79. The maximum absolute atomic E-state index is 10.3. The Labute approximate surface area is 119 Å². The van der Waals surface area contributed by atoms with Crippen LogP contribution in [0.25, 0.3) is 0 Å². The first kappa shape index (κ1) is 13.3. The molecule has 0 amide bonds. The average molecular weight is 272 g/mol. The third-order valence-electron chi connectivity index (χ3n) is 4.62. The van der Waals surface area contributed by atoms with Gasteiger partial charge in [-0.15, -0.1) is 0 Å². The number of nitriles is 1. The van der Waals surface area contributed by atoms with E-state index in [-0.39, 0.29) is 6.10 Å². The van der Waals surface area contributed by atoms with Crippen molar-refractivity contribution in [3.8, 4) is 6.07 Å². The van der Waals surface area contributed by atoms with Crippen LogP contribution in [-0.2, 0) is 0 Å². The fraction of sp³-hybridized carbons (Fsp3) is 0.667. The highest BCUT2D eigenvalue weighted by Crippen LogP contribution is 2.36. The average Bonchev–Trinajstić information content (AvgIpc) is 2.97. The number of aliphatic hydroxyl groups is 1. The first-order valence-electron chi connectivity index (χ1n) is 7.46. The first-order chi connectivity index (χ1) is 9.79. The monoisotopic (exact) mass is 272 g/mol. The topological polar surface area (TPSA) is 73.0 Å². The van der Waals surface area contributed by atoms with Crippen LogP contribution in [0.2, 0.25) is 0 Å². The fourth-order valence-corrected chi connectivity index (χ4v) is 3.64. The molecule has 20 heavy (non-hydrogen) atoms. The summed E-state index contributed by atoms with van der Waals surface area (Å²) in [6.07, 6.45) is 9.67. The molecule has 1 aliphatic carbocycles. The molecule has 1 N–H and O–H groups in total. The summed E-state index contributed by atoms with van der Waals surface area (Å²) in [7, 11) is 0. The predicted octanol–water partition coefficient (Wildman–Crippen LogP) is 1.87. The Hall–Kier alpha value is -1.67. The van der Waals surface area contributed by atoms with Gasteiger partial charge in [-0.1, -0.05) is 12.8 Å². The Bertz CT molecular complexity index is 496. The molecule has 3 rings (SSSR count). The van der Waals surface area contributed by atoms with Crippen molar-refractivity contribution < 1.29 is 5.11 Å². The number of aliphatic hydroxyl groups excluding tert-OH is 1. The lowest BCUT2D eigenvalue weighted by atomic mass is 9.80. The zero-order chi connectivity index (χ0) is 13.9. The van der Waals surface area contributed by atoms with Crippen molar-refractivity contribution >= 4 is 5.82 Å². The molecule has 1 saturated carbocycles. The van der Waals surface area contributed by atoms with Gasteiger partial charge in [0.05, 0.1) is 18.5 Å². The van der Waals surface area contributed by atoms with E-state index in [9.17, 15) is 5.11 Å². The van der Waals surface area contributed by atoms with Gasteiger partial charge < -0.3 is 10.0 Å². The van der Waals surface area contributed by atoms with Crippen LogP contribution in [0.1, 0.15) is 44.2 Å². The van der Waals surface area contributed by atoms with Crippen molar-refractivity contribution in [1.29, 1.82) is 5.26 Å². The minimum atomic E-state index is -0.180. The van der Waals surface area contributed by atoms with Crippen LogP contribution in [0.5, 0.6) is 0 Å². The maximum atomic E-state index is 10.3. The largest absolute Gasteiger partial charge is 0.393 e. The number of hydrogen-bond acceptors (Lipinski definition) is 5. The smallest absolute Gasteiger partial charge is 0.158 e. The van der Waals surface area contributed by atoms with Crippen LogP contribution in [0, 0.1) is 17.2 Å². The van der Waals surface area contributed by atoms with E-state index in [1.54, 1.807) is 6.20 Å². The molecule has 0 radical (unpaired) electrons. The molecule has 1 aromatic heterocycles. The van der Waals surface area contributed by atoms with Gasteiger partial charge >= 0.3 is 0 Å². The number of anilines is 1. The van der Waals surface area contributed by atoms with Crippen molar-refractivity contribution in [2.75, 3.05) is 11.4 Å². The van der Waals surface area contributed by atoms with Crippen LogP contribution < -0.4 is 4.90 Å². The lowest BCUT2D eigenvalue weighted by Gasteiger charge is -2.37. The van der Waals surface area contributed by atoms with E-state index in [1.807, 2.05) is 6.07 Å². The lowest BCUT2D eigenvalue weighted by Crippen LogP contribution is -2.43. The summed E-state index contributed by atoms with van der Waals surface area (Å²) >= 11 is 0. The van der Waals surface area contributed by atoms with Crippen molar-refractivity contribution in [2.45, 2.75) is 50.7 Å². The molecule has 0 unspecified atom stereocenters. The van der Waals surface area contributed by atoms with Crippen LogP contribution in [0.4, 0.5) is 5.82 Å². The van der Waals surface area contributed by atoms with Crippen LogP contribution >= 0.6 is 0 Å². The summed E-state index contributed by atoms with van der Waals surface area (Å²) in [4.78, 5) is 10.7. The molecule has 2 fully saturated rings.